The molecule has 6 nitrogen and oxygen atoms in total. The third-order valence-corrected chi connectivity index (χ3v) is 5.55. The van der Waals surface area contributed by atoms with E-state index >= 15 is 0 Å². The number of carbonyl (C=O) groups is 3. The molecule has 0 saturated heterocycles. The fourth-order valence-electron chi connectivity index (χ4n) is 4.04. The van der Waals surface area contributed by atoms with E-state index in [1.807, 2.05) is 66.1 Å². The Morgan fingerprint density at radius 1 is 0.806 bits per heavy atom. The van der Waals surface area contributed by atoms with Gasteiger partial charge in [-0.25, -0.2) is 4.79 Å². The molecule has 0 N–H and O–H groups in total. The molecule has 2 amide bonds. The average Bonchev–Trinajstić information content (AvgIpc) is 3.21. The van der Waals surface area contributed by atoms with Crippen molar-refractivity contribution in [2.75, 3.05) is 0 Å². The molecule has 152 valence electrons. The number of para-hydroxylation sites is 1. The first kappa shape index (κ1) is 18.8. The van der Waals surface area contributed by atoms with Gasteiger partial charge >= 0.3 is 5.97 Å². The van der Waals surface area contributed by atoms with Crippen LogP contribution in [0.5, 0.6) is 0 Å². The van der Waals surface area contributed by atoms with Crippen molar-refractivity contribution in [1.82, 2.24) is 9.63 Å². The number of imide groups is 1. The van der Waals surface area contributed by atoms with Crippen LogP contribution in [0.1, 0.15) is 42.3 Å². The Bertz CT molecular complexity index is 1320. The highest BCUT2D eigenvalue weighted by atomic mass is 16.7. The van der Waals surface area contributed by atoms with Gasteiger partial charge in [-0.3, -0.25) is 9.59 Å². The summed E-state index contributed by atoms with van der Waals surface area (Å²) in [5, 5.41) is 1.26. The van der Waals surface area contributed by atoms with Crippen LogP contribution in [0.15, 0.2) is 78.9 Å². The molecule has 5 rings (SSSR count). The molecular formula is C25H18N2O4. The number of fused-ring (bicyclic) bond motifs is 2. The summed E-state index contributed by atoms with van der Waals surface area (Å²) in [6, 6.07) is 23.9. The van der Waals surface area contributed by atoms with E-state index in [9.17, 15) is 14.4 Å². The van der Waals surface area contributed by atoms with Gasteiger partial charge in [-0.05, 0) is 30.7 Å². The van der Waals surface area contributed by atoms with Crippen molar-refractivity contribution in [3.8, 4) is 0 Å². The first-order valence-corrected chi connectivity index (χ1v) is 9.88. The van der Waals surface area contributed by atoms with E-state index in [1.165, 1.54) is 0 Å². The normalized spacial score (nSPS) is 13.0. The van der Waals surface area contributed by atoms with Gasteiger partial charge in [0.2, 0.25) is 0 Å². The number of amides is 2. The Labute approximate surface area is 178 Å². The van der Waals surface area contributed by atoms with Crippen molar-refractivity contribution < 1.29 is 19.2 Å². The number of hydroxylamine groups is 2. The van der Waals surface area contributed by atoms with Gasteiger partial charge < -0.3 is 9.40 Å². The lowest BCUT2D eigenvalue weighted by Crippen LogP contribution is -2.32. The van der Waals surface area contributed by atoms with E-state index in [4.69, 9.17) is 4.84 Å². The molecule has 4 aromatic rings. The molecule has 0 bridgehead atoms. The van der Waals surface area contributed by atoms with Crippen LogP contribution in [0.4, 0.5) is 0 Å². The molecule has 3 aromatic carbocycles. The topological polar surface area (TPSA) is 68.6 Å². The summed E-state index contributed by atoms with van der Waals surface area (Å²) >= 11 is 0. The minimum Gasteiger partial charge on any atom is -0.340 e. The third-order valence-electron chi connectivity index (χ3n) is 5.55. The molecule has 2 heterocycles. The Kier molecular flexibility index (Phi) is 4.40. The Morgan fingerprint density at radius 3 is 2.06 bits per heavy atom. The molecule has 0 saturated carbocycles. The van der Waals surface area contributed by atoms with Gasteiger partial charge in [-0.1, -0.05) is 65.7 Å². The summed E-state index contributed by atoms with van der Waals surface area (Å²) in [5.41, 5.74) is 3.45. The predicted octanol–water partition coefficient (Wildman–Crippen LogP) is 4.37. The third kappa shape index (κ3) is 3.00. The van der Waals surface area contributed by atoms with Gasteiger partial charge in [0.25, 0.3) is 11.8 Å². The van der Waals surface area contributed by atoms with Crippen LogP contribution in [0.3, 0.4) is 0 Å². The van der Waals surface area contributed by atoms with Crippen molar-refractivity contribution in [3.63, 3.8) is 0 Å². The maximum Gasteiger partial charge on any atom is 0.366 e. The standard InChI is InChI=1S/C25H18N2O4/c1-16-22(25(30)31-27-23(28)18-11-5-6-12-19(18)24(27)29)20-13-7-8-14-21(20)26(16)15-17-9-3-2-4-10-17/h2-14H,15H2,1H3. The Balaban J connectivity index is 1.52. The summed E-state index contributed by atoms with van der Waals surface area (Å²) in [6.45, 7) is 2.41. The van der Waals surface area contributed by atoms with Crippen LogP contribution in [-0.2, 0) is 11.4 Å². The highest BCUT2D eigenvalue weighted by Gasteiger charge is 2.39. The molecule has 0 unspecified atom stereocenters. The maximum atomic E-state index is 13.2. The fraction of sp³-hybridized carbons (Fsp3) is 0.0800. The first-order valence-electron chi connectivity index (χ1n) is 9.88. The zero-order chi connectivity index (χ0) is 21.5. The zero-order valence-corrected chi connectivity index (χ0v) is 16.7. The quantitative estimate of drug-likeness (QED) is 0.469. The van der Waals surface area contributed by atoms with Gasteiger partial charge in [0, 0.05) is 23.1 Å². The monoisotopic (exact) mass is 410 g/mol. The number of benzene rings is 3. The smallest absolute Gasteiger partial charge is 0.340 e. The van der Waals surface area contributed by atoms with Crippen LogP contribution in [0.25, 0.3) is 10.9 Å². The fourth-order valence-corrected chi connectivity index (χ4v) is 4.04. The number of aromatic nitrogens is 1. The van der Waals surface area contributed by atoms with E-state index in [0.717, 1.165) is 11.1 Å². The second kappa shape index (κ2) is 7.25. The largest absolute Gasteiger partial charge is 0.366 e. The lowest BCUT2D eigenvalue weighted by Gasteiger charge is -2.13. The Morgan fingerprint density at radius 2 is 1.39 bits per heavy atom. The summed E-state index contributed by atoms with van der Waals surface area (Å²) in [7, 11) is 0. The molecule has 0 fully saturated rings. The molecule has 1 aliphatic rings. The summed E-state index contributed by atoms with van der Waals surface area (Å²) in [4.78, 5) is 43.7. The number of nitrogens with zero attached hydrogens (tertiary/aromatic N) is 2. The van der Waals surface area contributed by atoms with Crippen LogP contribution >= 0.6 is 0 Å². The van der Waals surface area contributed by atoms with E-state index in [2.05, 4.69) is 0 Å². The molecular weight excluding hydrogens is 392 g/mol. The zero-order valence-electron chi connectivity index (χ0n) is 16.7. The van der Waals surface area contributed by atoms with Gasteiger partial charge in [-0.2, -0.15) is 0 Å². The van der Waals surface area contributed by atoms with Crippen molar-refractivity contribution >= 4 is 28.7 Å². The lowest BCUT2D eigenvalue weighted by molar-refractivity contribution is -0.0583. The average molecular weight is 410 g/mol. The number of rotatable bonds is 4. The van der Waals surface area contributed by atoms with Gasteiger partial charge in [0.05, 0.1) is 16.7 Å². The second-order valence-corrected chi connectivity index (χ2v) is 7.38. The molecule has 0 spiro atoms. The van der Waals surface area contributed by atoms with Gasteiger partial charge in [-0.15, -0.1) is 0 Å². The Hall–Kier alpha value is -4.19. The van der Waals surface area contributed by atoms with Crippen LogP contribution in [-0.4, -0.2) is 27.4 Å². The van der Waals surface area contributed by atoms with Gasteiger partial charge in [0.1, 0.15) is 0 Å². The predicted molar refractivity (Wildman–Crippen MR) is 115 cm³/mol. The van der Waals surface area contributed by atoms with Crippen LogP contribution < -0.4 is 0 Å². The number of carbonyl (C=O) groups excluding carboxylic acids is 3. The van der Waals surface area contributed by atoms with Crippen LogP contribution in [0.2, 0.25) is 0 Å². The van der Waals surface area contributed by atoms with Crippen molar-refractivity contribution in [2.24, 2.45) is 0 Å². The maximum absolute atomic E-state index is 13.2. The lowest BCUT2D eigenvalue weighted by atomic mass is 10.1. The van der Waals surface area contributed by atoms with Crippen molar-refractivity contribution in [3.05, 3.63) is 107 Å². The second-order valence-electron chi connectivity index (χ2n) is 7.38. The molecule has 0 atom stereocenters. The van der Waals surface area contributed by atoms with Crippen molar-refractivity contribution in [2.45, 2.75) is 13.5 Å². The minimum atomic E-state index is -0.741. The molecule has 0 radical (unpaired) electrons. The van der Waals surface area contributed by atoms with Gasteiger partial charge in [0.15, 0.2) is 0 Å². The SMILES string of the molecule is Cc1c(C(=O)ON2C(=O)c3ccccc3C2=O)c2ccccc2n1Cc1ccccc1. The van der Waals surface area contributed by atoms with E-state index in [0.29, 0.717) is 28.3 Å². The van der Waals surface area contributed by atoms with Crippen LogP contribution in [0, 0.1) is 6.92 Å². The molecule has 31 heavy (non-hydrogen) atoms. The molecule has 1 aliphatic heterocycles. The number of hydrogen-bond acceptors (Lipinski definition) is 4. The minimum absolute atomic E-state index is 0.225. The summed E-state index contributed by atoms with van der Waals surface area (Å²) in [6.07, 6.45) is 0. The van der Waals surface area contributed by atoms with E-state index < -0.39 is 17.8 Å². The number of hydrogen-bond donors (Lipinski definition) is 0. The highest BCUT2D eigenvalue weighted by Crippen LogP contribution is 2.29. The van der Waals surface area contributed by atoms with Crippen molar-refractivity contribution in [1.29, 1.82) is 0 Å². The van der Waals surface area contributed by atoms with E-state index in [1.54, 1.807) is 24.3 Å². The first-order chi connectivity index (χ1) is 15.1. The van der Waals surface area contributed by atoms with E-state index in [-0.39, 0.29) is 11.1 Å². The highest BCUT2D eigenvalue weighted by molar-refractivity contribution is 6.21. The molecule has 0 aliphatic carbocycles. The molecule has 6 heteroatoms. The molecule has 1 aromatic heterocycles. The summed E-state index contributed by atoms with van der Waals surface area (Å²) in [5.74, 6) is -2.02. The summed E-state index contributed by atoms with van der Waals surface area (Å²) < 4.78 is 2.03.